The summed E-state index contributed by atoms with van der Waals surface area (Å²) in [6.45, 7) is 16.9. The minimum atomic E-state index is -2.28. The van der Waals surface area contributed by atoms with E-state index in [0.717, 1.165) is 108 Å². The third kappa shape index (κ3) is 14.9. The number of hydrogen-bond acceptors (Lipinski definition) is 12. The zero-order chi connectivity index (χ0) is 38.9. The molecule has 0 bridgehead atoms. The van der Waals surface area contributed by atoms with Crippen LogP contribution in [0.2, 0.25) is 64.5 Å². The second-order valence-electron chi connectivity index (χ2n) is 17.2. The molecule has 2 aliphatic heterocycles. The lowest BCUT2D eigenvalue weighted by atomic mass is 9.80. The Morgan fingerprint density at radius 2 is 0.778 bits per heavy atom. The van der Waals surface area contributed by atoms with E-state index >= 15 is 0 Å². The molecule has 0 spiro atoms. The highest BCUT2D eigenvalue weighted by molar-refractivity contribution is 6.82. The van der Waals surface area contributed by atoms with Gasteiger partial charge in [-0.2, -0.15) is 0 Å². The number of carbonyl (C=O) groups is 2. The lowest BCUT2D eigenvalue weighted by molar-refractivity contribution is -0.161. The summed E-state index contributed by atoms with van der Waals surface area (Å²) in [5, 5.41) is 0. The standard InChI is InChI=1S/C34H72O12Si8/c1-47-39-49(3)43-53(7,44-50(4)40-47)25-9-11-27-13-17-29(18-14-27)33(35)38-32-23-19-30(20-24-32)34(36)37-31-21-15-28(16-22-31)12-10-26-54(8)45-51(5)41-48(2)42-52(6)46-54/h27-32,47-52H,9-26H2,1-8H3. The van der Waals surface area contributed by atoms with Crippen LogP contribution in [0.4, 0.5) is 0 Å². The van der Waals surface area contributed by atoms with Crippen LogP contribution in [-0.2, 0) is 52.0 Å². The molecule has 0 aromatic heterocycles. The molecule has 4 unspecified atom stereocenters. The van der Waals surface area contributed by atoms with E-state index in [0.29, 0.717) is 11.8 Å². The first-order valence-corrected chi connectivity index (χ1v) is 39.0. The molecule has 0 radical (unpaired) electrons. The van der Waals surface area contributed by atoms with Crippen molar-refractivity contribution >= 4 is 84.8 Å². The van der Waals surface area contributed by atoms with Crippen LogP contribution in [-0.4, -0.2) is 97.0 Å². The van der Waals surface area contributed by atoms with Crippen molar-refractivity contribution in [3.8, 4) is 0 Å². The Morgan fingerprint density at radius 3 is 1.13 bits per heavy atom. The Balaban J connectivity index is 0.913. The summed E-state index contributed by atoms with van der Waals surface area (Å²) in [5.74, 6) is 1.15. The topological polar surface area (TPSA) is 126 Å². The van der Waals surface area contributed by atoms with Crippen molar-refractivity contribution in [2.75, 3.05) is 0 Å². The van der Waals surface area contributed by atoms with E-state index in [2.05, 4.69) is 52.4 Å². The molecule has 2 saturated heterocycles. The Bertz CT molecular complexity index is 1140. The third-order valence-electron chi connectivity index (χ3n) is 12.2. The summed E-state index contributed by atoms with van der Waals surface area (Å²) >= 11 is 0. The number of ether oxygens (including phenoxy) is 2. The van der Waals surface area contributed by atoms with Gasteiger partial charge in [-0.1, -0.05) is 25.7 Å². The molecule has 54 heavy (non-hydrogen) atoms. The predicted molar refractivity (Wildman–Crippen MR) is 227 cm³/mol. The quantitative estimate of drug-likeness (QED) is 0.170. The van der Waals surface area contributed by atoms with E-state index in [1.54, 1.807) is 0 Å². The van der Waals surface area contributed by atoms with Gasteiger partial charge in [0.15, 0.2) is 0 Å². The molecular weight excluding hydrogens is 825 g/mol. The van der Waals surface area contributed by atoms with Gasteiger partial charge < -0.3 is 42.4 Å². The predicted octanol–water partition coefficient (Wildman–Crippen LogP) is 5.96. The highest BCUT2D eigenvalue weighted by Crippen LogP contribution is 2.37. The monoisotopic (exact) mass is 896 g/mol. The average molecular weight is 898 g/mol. The second kappa shape index (κ2) is 21.6. The molecule has 5 aliphatic rings. The maximum atomic E-state index is 13.1. The zero-order valence-electron chi connectivity index (χ0n) is 34.6. The van der Waals surface area contributed by atoms with E-state index in [1.165, 1.54) is 6.42 Å². The number of carbonyl (C=O) groups excluding carboxylic acids is 2. The fraction of sp³-hybridized carbons (Fsp3) is 0.941. The number of rotatable bonds is 12. The molecule has 0 aromatic carbocycles. The highest BCUT2D eigenvalue weighted by Gasteiger charge is 2.41. The van der Waals surface area contributed by atoms with E-state index in [1.807, 2.05) is 0 Å². The van der Waals surface area contributed by atoms with Crippen molar-refractivity contribution in [3.05, 3.63) is 0 Å². The minimum Gasteiger partial charge on any atom is -0.462 e. The molecular formula is C34H72O12Si8. The van der Waals surface area contributed by atoms with Crippen molar-refractivity contribution < 1.29 is 52.0 Å². The van der Waals surface area contributed by atoms with Crippen LogP contribution in [0.3, 0.4) is 0 Å². The molecule has 4 atom stereocenters. The maximum Gasteiger partial charge on any atom is 0.316 e. The largest absolute Gasteiger partial charge is 0.462 e. The molecule has 3 saturated carbocycles. The molecule has 0 amide bonds. The van der Waals surface area contributed by atoms with Gasteiger partial charge in [-0.25, -0.2) is 0 Å². The van der Waals surface area contributed by atoms with Crippen LogP contribution in [0, 0.1) is 23.7 Å². The number of esters is 2. The summed E-state index contributed by atoms with van der Waals surface area (Å²) < 4.78 is 62.2. The van der Waals surface area contributed by atoms with Crippen LogP contribution >= 0.6 is 0 Å². The molecule has 0 aromatic rings. The molecule has 20 heteroatoms. The highest BCUT2D eigenvalue weighted by atomic mass is 28.5. The van der Waals surface area contributed by atoms with Crippen LogP contribution in [0.5, 0.6) is 0 Å². The van der Waals surface area contributed by atoms with E-state index in [4.69, 9.17) is 42.4 Å². The summed E-state index contributed by atoms with van der Waals surface area (Å²) in [7, 11) is -14.6. The number of hydrogen-bond donors (Lipinski definition) is 0. The first-order valence-electron chi connectivity index (χ1n) is 21.4. The van der Waals surface area contributed by atoms with Gasteiger partial charge in [-0.3, -0.25) is 9.59 Å². The lowest BCUT2D eigenvalue weighted by Crippen LogP contribution is -2.53. The van der Waals surface area contributed by atoms with E-state index < -0.39 is 72.8 Å². The van der Waals surface area contributed by atoms with Gasteiger partial charge in [0.25, 0.3) is 55.7 Å². The van der Waals surface area contributed by atoms with Crippen molar-refractivity contribution in [1.82, 2.24) is 0 Å². The van der Waals surface area contributed by atoms with Gasteiger partial charge in [-0.15, -0.1) is 0 Å². The first-order chi connectivity index (χ1) is 25.7. The first kappa shape index (κ1) is 45.4. The van der Waals surface area contributed by atoms with E-state index in [-0.39, 0.29) is 36.0 Å². The third-order valence-corrected chi connectivity index (χ3v) is 40.3. The zero-order valence-corrected chi connectivity index (χ0v) is 43.5. The van der Waals surface area contributed by atoms with Crippen molar-refractivity contribution in [2.45, 2.75) is 179 Å². The molecule has 5 rings (SSSR count). The molecule has 0 N–H and O–H groups in total. The summed E-state index contributed by atoms with van der Waals surface area (Å²) in [6, 6.07) is 1.97. The second-order valence-corrected chi connectivity index (χ2v) is 37.7. The Hall–Kier alpha value is 0.355. The molecule has 3 aliphatic carbocycles. The van der Waals surface area contributed by atoms with Crippen LogP contribution in [0.1, 0.15) is 103 Å². The Morgan fingerprint density at radius 1 is 0.481 bits per heavy atom. The molecule has 2 heterocycles. The minimum absolute atomic E-state index is 0.000760. The fourth-order valence-corrected chi connectivity index (χ4v) is 39.0. The SMILES string of the molecule is C[SiH]1O[SiH](C)O[Si](C)(CCCC2CCC(OC(=O)C3CCC(OC(=O)C4CCC(CCC[Si]5(C)O[SiH](C)O[SiH](C)O[SiH](C)O5)CC4)CC3)CC2)O[SiH](C)O1. The van der Waals surface area contributed by atoms with Gasteiger partial charge in [0.1, 0.15) is 12.2 Å². The van der Waals surface area contributed by atoms with Crippen LogP contribution in [0.15, 0.2) is 0 Å². The van der Waals surface area contributed by atoms with Crippen LogP contribution in [0.25, 0.3) is 0 Å². The average Bonchev–Trinajstić information content (AvgIpc) is 3.07. The van der Waals surface area contributed by atoms with Gasteiger partial charge in [-0.05, 0) is 153 Å². The normalized spacial score (nSPS) is 42.8. The summed E-state index contributed by atoms with van der Waals surface area (Å²) in [4.78, 5) is 26.3. The lowest BCUT2D eigenvalue weighted by Gasteiger charge is -2.37. The van der Waals surface area contributed by atoms with Gasteiger partial charge in [0, 0.05) is 0 Å². The van der Waals surface area contributed by atoms with Gasteiger partial charge in [0.05, 0.1) is 11.8 Å². The molecule has 5 fully saturated rings. The van der Waals surface area contributed by atoms with Gasteiger partial charge in [0.2, 0.25) is 0 Å². The maximum absolute atomic E-state index is 13.1. The van der Waals surface area contributed by atoms with Gasteiger partial charge >= 0.3 is 29.1 Å². The molecule has 12 nitrogen and oxygen atoms in total. The summed E-state index contributed by atoms with van der Waals surface area (Å²) in [6.07, 6.45) is 15.5. The van der Waals surface area contributed by atoms with Crippen molar-refractivity contribution in [2.24, 2.45) is 23.7 Å². The summed E-state index contributed by atoms with van der Waals surface area (Å²) in [5.41, 5.74) is 0. The van der Waals surface area contributed by atoms with Crippen LogP contribution < -0.4 is 0 Å². The fourth-order valence-electron chi connectivity index (χ4n) is 9.54. The Kier molecular flexibility index (Phi) is 18.1. The van der Waals surface area contributed by atoms with Crippen molar-refractivity contribution in [1.29, 1.82) is 0 Å². The van der Waals surface area contributed by atoms with Crippen molar-refractivity contribution in [3.63, 3.8) is 0 Å². The van der Waals surface area contributed by atoms with E-state index in [9.17, 15) is 9.59 Å². The smallest absolute Gasteiger partial charge is 0.316 e. The molecule has 312 valence electrons. The Labute approximate surface area is 338 Å².